The van der Waals surface area contributed by atoms with E-state index in [-0.39, 0.29) is 36.5 Å². The van der Waals surface area contributed by atoms with Gasteiger partial charge >= 0.3 is 11.9 Å². The minimum Gasteiger partial charge on any atom is -0.490 e. The van der Waals surface area contributed by atoms with Gasteiger partial charge in [-0.2, -0.15) is 0 Å². The monoisotopic (exact) mass is 598 g/mol. The minimum absolute atomic E-state index is 0.0748. The van der Waals surface area contributed by atoms with Gasteiger partial charge in [-0.05, 0) is 90.3 Å². The van der Waals surface area contributed by atoms with E-state index in [1.165, 1.54) is 5.56 Å². The molecular formula is C39H50O5. The van der Waals surface area contributed by atoms with Crippen LogP contribution < -0.4 is 4.74 Å². The number of fused-ring (bicyclic) bond motifs is 1. The number of cyclic esters (lactones) is 1. The molecular weight excluding hydrogens is 548 g/mol. The number of carbonyl (C=O) groups excluding carboxylic acids is 2. The summed E-state index contributed by atoms with van der Waals surface area (Å²) in [5, 5.41) is 0. The van der Waals surface area contributed by atoms with E-state index >= 15 is 0 Å². The van der Waals surface area contributed by atoms with Crippen molar-refractivity contribution in [1.82, 2.24) is 0 Å². The Bertz CT molecular complexity index is 1370. The second-order valence-electron chi connectivity index (χ2n) is 14.4. The molecule has 5 nitrogen and oxygen atoms in total. The molecule has 2 aromatic rings. The van der Waals surface area contributed by atoms with Crippen molar-refractivity contribution >= 4 is 11.9 Å². The average Bonchev–Trinajstić information content (AvgIpc) is 3.53. The van der Waals surface area contributed by atoms with Crippen molar-refractivity contribution in [3.8, 4) is 17.6 Å². The fourth-order valence-corrected chi connectivity index (χ4v) is 6.08. The Labute approximate surface area is 264 Å². The predicted molar refractivity (Wildman–Crippen MR) is 175 cm³/mol. The highest BCUT2D eigenvalue weighted by Gasteiger charge is 2.30. The molecule has 236 valence electrons. The number of rotatable bonds is 11. The van der Waals surface area contributed by atoms with E-state index in [1.54, 1.807) is 0 Å². The summed E-state index contributed by atoms with van der Waals surface area (Å²) in [4.78, 5) is 24.9. The maximum absolute atomic E-state index is 12.5. The second kappa shape index (κ2) is 15.0. The van der Waals surface area contributed by atoms with E-state index in [0.717, 1.165) is 48.1 Å². The first-order chi connectivity index (χ1) is 20.9. The Morgan fingerprint density at radius 2 is 1.59 bits per heavy atom. The highest BCUT2D eigenvalue weighted by atomic mass is 16.6. The molecule has 0 saturated carbocycles. The molecule has 1 fully saturated rings. The standard InChI is InChI=1S/C39H50O5/c1-26(2)20-30(21-27(3)4)10-14-31-23-35(44-38(31)41)25-42-37(40)19-17-34-24-32-22-29(13-18-36(32)43-34)9-8-28-11-15-33(16-12-28)39(5,6)7/h11-16,18,22,26-27,30,34-35H,10,17,19-21,23-25H2,1-7H3/b31-14+. The highest BCUT2D eigenvalue weighted by molar-refractivity contribution is 5.90. The lowest BCUT2D eigenvalue weighted by Gasteiger charge is -2.19. The number of allylic oxidation sites excluding steroid dienone is 1. The number of ether oxygens (including phenoxy) is 3. The van der Waals surface area contributed by atoms with Gasteiger partial charge in [0.2, 0.25) is 0 Å². The van der Waals surface area contributed by atoms with Crippen LogP contribution in [0.2, 0.25) is 0 Å². The maximum atomic E-state index is 12.5. The number of esters is 2. The molecule has 0 bridgehead atoms. The first-order valence-electron chi connectivity index (χ1n) is 16.3. The van der Waals surface area contributed by atoms with Crippen molar-refractivity contribution in [3.63, 3.8) is 0 Å². The summed E-state index contributed by atoms with van der Waals surface area (Å²) >= 11 is 0. The molecule has 0 aliphatic carbocycles. The molecule has 2 atom stereocenters. The molecule has 2 aliphatic rings. The molecule has 2 aromatic carbocycles. The second-order valence-corrected chi connectivity index (χ2v) is 14.4. The number of carbonyl (C=O) groups is 2. The van der Waals surface area contributed by atoms with Crippen LogP contribution in [0.15, 0.2) is 54.1 Å². The van der Waals surface area contributed by atoms with Crippen LogP contribution in [0.25, 0.3) is 0 Å². The van der Waals surface area contributed by atoms with E-state index in [2.05, 4.69) is 96.7 Å². The van der Waals surface area contributed by atoms with Gasteiger partial charge < -0.3 is 14.2 Å². The molecule has 2 unspecified atom stereocenters. The summed E-state index contributed by atoms with van der Waals surface area (Å²) in [6.45, 7) is 15.7. The van der Waals surface area contributed by atoms with E-state index in [0.29, 0.717) is 36.2 Å². The largest absolute Gasteiger partial charge is 0.490 e. The van der Waals surface area contributed by atoms with E-state index in [4.69, 9.17) is 14.2 Å². The predicted octanol–water partition coefficient (Wildman–Crippen LogP) is 8.35. The van der Waals surface area contributed by atoms with Crippen molar-refractivity contribution in [1.29, 1.82) is 0 Å². The number of benzene rings is 2. The highest BCUT2D eigenvalue weighted by Crippen LogP contribution is 2.32. The Balaban J connectivity index is 1.20. The topological polar surface area (TPSA) is 61.8 Å². The van der Waals surface area contributed by atoms with Crippen LogP contribution in [0.5, 0.6) is 5.75 Å². The van der Waals surface area contributed by atoms with Crippen molar-refractivity contribution in [2.75, 3.05) is 6.61 Å². The first-order valence-corrected chi connectivity index (χ1v) is 16.3. The zero-order chi connectivity index (χ0) is 31.9. The first kappa shape index (κ1) is 33.4. The molecule has 0 aromatic heterocycles. The summed E-state index contributed by atoms with van der Waals surface area (Å²) in [5.74, 6) is 8.63. The summed E-state index contributed by atoms with van der Waals surface area (Å²) in [6.07, 6.45) is 6.81. The van der Waals surface area contributed by atoms with Gasteiger partial charge in [0.25, 0.3) is 0 Å². The van der Waals surface area contributed by atoms with Gasteiger partial charge in [-0.3, -0.25) is 4.79 Å². The van der Waals surface area contributed by atoms with Crippen LogP contribution in [-0.4, -0.2) is 30.8 Å². The lowest BCUT2D eigenvalue weighted by atomic mass is 9.86. The lowest BCUT2D eigenvalue weighted by Crippen LogP contribution is -2.20. The summed E-state index contributed by atoms with van der Waals surface area (Å²) in [6, 6.07) is 14.5. The molecule has 0 radical (unpaired) electrons. The molecule has 2 heterocycles. The van der Waals surface area contributed by atoms with Gasteiger partial charge in [0.15, 0.2) is 0 Å². The summed E-state index contributed by atoms with van der Waals surface area (Å²) in [7, 11) is 0. The van der Waals surface area contributed by atoms with Crippen LogP contribution in [-0.2, 0) is 30.9 Å². The molecule has 1 saturated heterocycles. The van der Waals surface area contributed by atoms with Crippen LogP contribution >= 0.6 is 0 Å². The molecule has 2 aliphatic heterocycles. The average molecular weight is 599 g/mol. The molecule has 0 spiro atoms. The molecule has 0 amide bonds. The van der Waals surface area contributed by atoms with Crippen LogP contribution in [0.1, 0.15) is 109 Å². The smallest absolute Gasteiger partial charge is 0.334 e. The van der Waals surface area contributed by atoms with Gasteiger partial charge in [-0.15, -0.1) is 0 Å². The Kier molecular flexibility index (Phi) is 11.4. The lowest BCUT2D eigenvalue weighted by molar-refractivity contribution is -0.152. The maximum Gasteiger partial charge on any atom is 0.334 e. The van der Waals surface area contributed by atoms with Gasteiger partial charge in [-0.25, -0.2) is 4.79 Å². The summed E-state index contributed by atoms with van der Waals surface area (Å²) in [5.41, 5.74) is 5.17. The van der Waals surface area contributed by atoms with Gasteiger partial charge in [0.1, 0.15) is 24.6 Å². The third-order valence-electron chi connectivity index (χ3n) is 8.29. The SMILES string of the molecule is CC(C)CC(C/C=C1\CC(COC(=O)CCC2Cc3cc(C#Cc4ccc(C(C)(C)C)cc4)ccc3O2)OC1=O)CC(C)C. The fourth-order valence-electron chi connectivity index (χ4n) is 6.08. The Morgan fingerprint density at radius 3 is 2.25 bits per heavy atom. The normalized spacial score (nSPS) is 18.8. The zero-order valence-electron chi connectivity index (χ0n) is 27.7. The Hall–Kier alpha value is -3.52. The zero-order valence-corrected chi connectivity index (χ0v) is 27.7. The van der Waals surface area contributed by atoms with Gasteiger partial charge in [0.05, 0.1) is 0 Å². The van der Waals surface area contributed by atoms with Crippen molar-refractivity contribution in [2.24, 2.45) is 17.8 Å². The Morgan fingerprint density at radius 1 is 0.932 bits per heavy atom. The quantitative estimate of drug-likeness (QED) is 0.148. The fraction of sp³-hybridized carbons (Fsp3) is 0.538. The molecule has 5 heteroatoms. The van der Waals surface area contributed by atoms with E-state index < -0.39 is 6.10 Å². The van der Waals surface area contributed by atoms with Gasteiger partial charge in [-0.1, -0.05) is 78.5 Å². The third-order valence-corrected chi connectivity index (χ3v) is 8.29. The summed E-state index contributed by atoms with van der Waals surface area (Å²) < 4.78 is 17.1. The molecule has 44 heavy (non-hydrogen) atoms. The van der Waals surface area contributed by atoms with Crippen molar-refractivity contribution < 1.29 is 23.8 Å². The molecule has 0 N–H and O–H groups in total. The number of hydrogen-bond acceptors (Lipinski definition) is 5. The van der Waals surface area contributed by atoms with E-state index in [1.807, 2.05) is 12.1 Å². The van der Waals surface area contributed by atoms with Crippen molar-refractivity contribution in [2.45, 2.75) is 111 Å². The third kappa shape index (κ3) is 10.0. The van der Waals surface area contributed by atoms with Crippen LogP contribution in [0, 0.1) is 29.6 Å². The van der Waals surface area contributed by atoms with Crippen LogP contribution in [0.4, 0.5) is 0 Å². The van der Waals surface area contributed by atoms with Crippen LogP contribution in [0.3, 0.4) is 0 Å². The number of hydrogen-bond donors (Lipinski definition) is 0. The molecule has 4 rings (SSSR count). The van der Waals surface area contributed by atoms with Gasteiger partial charge in [0, 0.05) is 36.0 Å². The van der Waals surface area contributed by atoms with E-state index in [9.17, 15) is 9.59 Å². The minimum atomic E-state index is -0.408. The van der Waals surface area contributed by atoms with Crippen molar-refractivity contribution in [3.05, 3.63) is 76.4 Å².